The van der Waals surface area contributed by atoms with Crippen molar-refractivity contribution in [1.29, 1.82) is 0 Å². The summed E-state index contributed by atoms with van der Waals surface area (Å²) >= 11 is 2.88. The molecule has 1 rings (SSSR count). The maximum atomic E-state index is 11.1. The molecule has 13 heavy (non-hydrogen) atoms. The van der Waals surface area contributed by atoms with Gasteiger partial charge in [0.25, 0.3) is 5.69 Å². The van der Waals surface area contributed by atoms with Crippen LogP contribution in [0.5, 0.6) is 5.75 Å². The van der Waals surface area contributed by atoms with Crippen LogP contribution in [0.15, 0.2) is 16.6 Å². The molecule has 70 valence electrons. The molecule has 0 atom stereocenters. The van der Waals surface area contributed by atoms with Crippen LogP contribution in [0.1, 0.15) is 5.56 Å². The molecule has 1 aromatic rings. The van der Waals surface area contributed by atoms with Gasteiger partial charge >= 0.3 is 0 Å². The van der Waals surface area contributed by atoms with E-state index in [1.807, 2.05) is 0 Å². The third kappa shape index (κ3) is 1.96. The van der Waals surface area contributed by atoms with Crippen molar-refractivity contribution in [3.8, 4) is 5.75 Å². The lowest BCUT2D eigenvalue weighted by Crippen LogP contribution is -2.00. The minimum atomic E-state index is -0.622. The topological polar surface area (TPSA) is 86.4 Å². The third-order valence-corrected chi connectivity index (χ3v) is 2.08. The molecule has 1 N–H and O–H groups in total. The van der Waals surface area contributed by atoms with Crippen LogP contribution in [-0.4, -0.2) is 10.0 Å². The van der Waals surface area contributed by atoms with Gasteiger partial charge in [0.1, 0.15) is 0 Å². The van der Waals surface area contributed by atoms with Crippen molar-refractivity contribution in [3.05, 3.63) is 32.3 Å². The SMILES string of the molecule is O=[N+]([O-])c1cc(Br)c([O-])c(CO)c1. The number of rotatable bonds is 2. The normalized spacial score (nSPS) is 10.0. The molecule has 5 nitrogen and oxygen atoms in total. The van der Waals surface area contributed by atoms with Gasteiger partial charge in [-0.1, -0.05) is 21.7 Å². The first-order valence-electron chi connectivity index (χ1n) is 3.31. The van der Waals surface area contributed by atoms with E-state index in [4.69, 9.17) is 5.11 Å². The number of nitro benzene ring substituents is 1. The quantitative estimate of drug-likeness (QED) is 0.621. The van der Waals surface area contributed by atoms with Gasteiger partial charge < -0.3 is 10.2 Å². The second kappa shape index (κ2) is 3.71. The van der Waals surface area contributed by atoms with E-state index in [1.165, 1.54) is 0 Å². The van der Waals surface area contributed by atoms with E-state index in [2.05, 4.69) is 15.9 Å². The summed E-state index contributed by atoms with van der Waals surface area (Å²) in [6.45, 7) is -0.501. The number of hydrogen-bond donors (Lipinski definition) is 1. The lowest BCUT2D eigenvalue weighted by atomic mass is 10.2. The summed E-state index contributed by atoms with van der Waals surface area (Å²) in [6, 6.07) is 2.18. The summed E-state index contributed by atoms with van der Waals surface area (Å²) in [5, 5.41) is 30.2. The summed E-state index contributed by atoms with van der Waals surface area (Å²) in [7, 11) is 0. The fourth-order valence-corrected chi connectivity index (χ4v) is 1.35. The van der Waals surface area contributed by atoms with Crippen molar-refractivity contribution in [2.45, 2.75) is 6.61 Å². The Morgan fingerprint density at radius 3 is 2.62 bits per heavy atom. The summed E-state index contributed by atoms with van der Waals surface area (Å²) in [5.41, 5.74) is -0.198. The molecule has 0 bridgehead atoms. The van der Waals surface area contributed by atoms with Crippen LogP contribution in [0.2, 0.25) is 0 Å². The molecule has 0 spiro atoms. The Morgan fingerprint density at radius 1 is 1.54 bits per heavy atom. The van der Waals surface area contributed by atoms with E-state index in [-0.39, 0.29) is 15.7 Å². The Balaban J connectivity index is 3.30. The molecule has 0 fully saturated rings. The number of nitro groups is 1. The fourth-order valence-electron chi connectivity index (χ4n) is 0.857. The molecule has 0 aliphatic carbocycles. The average Bonchev–Trinajstić information content (AvgIpc) is 2.09. The van der Waals surface area contributed by atoms with Crippen molar-refractivity contribution in [2.75, 3.05) is 0 Å². The van der Waals surface area contributed by atoms with Gasteiger partial charge in [-0.2, -0.15) is 0 Å². The monoisotopic (exact) mass is 246 g/mol. The van der Waals surface area contributed by atoms with E-state index >= 15 is 0 Å². The van der Waals surface area contributed by atoms with Gasteiger partial charge in [0.05, 0.1) is 11.5 Å². The molecule has 0 saturated carbocycles. The Morgan fingerprint density at radius 2 is 2.15 bits per heavy atom. The first kappa shape index (κ1) is 9.94. The van der Waals surface area contributed by atoms with Gasteiger partial charge in [0.15, 0.2) is 0 Å². The van der Waals surface area contributed by atoms with Crippen LogP contribution in [0, 0.1) is 10.1 Å². The van der Waals surface area contributed by atoms with Crippen LogP contribution in [0.4, 0.5) is 5.69 Å². The van der Waals surface area contributed by atoms with E-state index in [0.29, 0.717) is 0 Å². The number of halogens is 1. The number of hydrogen-bond acceptors (Lipinski definition) is 4. The van der Waals surface area contributed by atoms with Crippen LogP contribution in [-0.2, 0) is 6.61 Å². The summed E-state index contributed by atoms with van der Waals surface area (Å²) in [5.74, 6) is -0.423. The second-order valence-corrected chi connectivity index (χ2v) is 3.19. The number of nitrogens with zero attached hydrogens (tertiary/aromatic N) is 1. The highest BCUT2D eigenvalue weighted by atomic mass is 79.9. The van der Waals surface area contributed by atoms with Crippen molar-refractivity contribution >= 4 is 21.6 Å². The third-order valence-electron chi connectivity index (χ3n) is 1.49. The lowest BCUT2D eigenvalue weighted by Gasteiger charge is -2.12. The predicted octanol–water partition coefficient (Wildman–Crippen LogP) is 0.923. The van der Waals surface area contributed by atoms with Gasteiger partial charge in [-0.25, -0.2) is 0 Å². The number of non-ortho nitro benzene ring substituents is 1. The van der Waals surface area contributed by atoms with Gasteiger partial charge in [0.2, 0.25) is 0 Å². The van der Waals surface area contributed by atoms with Crippen LogP contribution in [0.3, 0.4) is 0 Å². The largest absolute Gasteiger partial charge is 0.871 e. The molecule has 0 aliphatic rings. The number of benzene rings is 1. The Hall–Kier alpha value is -1.14. The van der Waals surface area contributed by atoms with E-state index in [1.54, 1.807) is 0 Å². The molecular formula is C7H5BrNO4-. The molecule has 1 aromatic carbocycles. The first-order chi connectivity index (χ1) is 6.06. The van der Waals surface area contributed by atoms with Gasteiger partial charge in [-0.15, -0.1) is 0 Å². The van der Waals surface area contributed by atoms with E-state index in [0.717, 1.165) is 12.1 Å². The Kier molecular flexibility index (Phi) is 2.84. The van der Waals surface area contributed by atoms with Crippen molar-refractivity contribution < 1.29 is 15.1 Å². The molecule has 0 saturated heterocycles. The van der Waals surface area contributed by atoms with E-state index < -0.39 is 17.3 Å². The smallest absolute Gasteiger partial charge is 0.270 e. The van der Waals surface area contributed by atoms with Gasteiger partial charge in [-0.3, -0.25) is 10.1 Å². The average molecular weight is 247 g/mol. The van der Waals surface area contributed by atoms with Crippen LogP contribution >= 0.6 is 15.9 Å². The molecule has 6 heteroatoms. The zero-order valence-electron chi connectivity index (χ0n) is 6.36. The van der Waals surface area contributed by atoms with E-state index in [9.17, 15) is 15.2 Å². The summed E-state index contributed by atoms with van der Waals surface area (Å²) in [6.07, 6.45) is 0. The van der Waals surface area contributed by atoms with Crippen molar-refractivity contribution in [3.63, 3.8) is 0 Å². The molecule has 0 radical (unpaired) electrons. The Bertz CT molecular complexity index is 353. The highest BCUT2D eigenvalue weighted by Crippen LogP contribution is 2.30. The van der Waals surface area contributed by atoms with Crippen molar-refractivity contribution in [1.82, 2.24) is 0 Å². The van der Waals surface area contributed by atoms with Crippen molar-refractivity contribution in [2.24, 2.45) is 0 Å². The maximum Gasteiger partial charge on any atom is 0.270 e. The van der Waals surface area contributed by atoms with Crippen LogP contribution < -0.4 is 5.11 Å². The highest BCUT2D eigenvalue weighted by molar-refractivity contribution is 9.10. The fraction of sp³-hybridized carbons (Fsp3) is 0.143. The molecule has 0 aromatic heterocycles. The predicted molar refractivity (Wildman–Crippen MR) is 46.2 cm³/mol. The highest BCUT2D eigenvalue weighted by Gasteiger charge is 2.09. The molecular weight excluding hydrogens is 242 g/mol. The van der Waals surface area contributed by atoms with Crippen LogP contribution in [0.25, 0.3) is 0 Å². The maximum absolute atomic E-state index is 11.1. The molecule has 0 heterocycles. The lowest BCUT2D eigenvalue weighted by molar-refractivity contribution is -0.385. The first-order valence-corrected chi connectivity index (χ1v) is 4.10. The van der Waals surface area contributed by atoms with Gasteiger partial charge in [0, 0.05) is 16.6 Å². The zero-order chi connectivity index (χ0) is 10.0. The Labute approximate surface area is 81.9 Å². The standard InChI is InChI=1S/C7H6BrNO4/c8-6-2-5(9(12)13)1-4(3-10)7(6)11/h1-2,10-11H,3H2/p-1. The molecule has 0 unspecified atom stereocenters. The van der Waals surface area contributed by atoms with Gasteiger partial charge in [-0.05, 0) is 5.56 Å². The number of aliphatic hydroxyl groups is 1. The minimum Gasteiger partial charge on any atom is -0.871 e. The zero-order valence-corrected chi connectivity index (χ0v) is 7.94. The summed E-state index contributed by atoms with van der Waals surface area (Å²) in [4.78, 5) is 9.71. The number of aliphatic hydroxyl groups excluding tert-OH is 1. The summed E-state index contributed by atoms with van der Waals surface area (Å²) < 4.78 is 0.0887. The molecule has 0 aliphatic heterocycles. The minimum absolute atomic E-state index is 0.0149. The molecule has 0 amide bonds. The second-order valence-electron chi connectivity index (χ2n) is 2.33.